The van der Waals surface area contributed by atoms with Gasteiger partial charge < -0.3 is 4.74 Å². The van der Waals surface area contributed by atoms with Crippen LogP contribution in [-0.2, 0) is 11.2 Å². The Labute approximate surface area is 122 Å². The standard InChI is InChI=1S/C16H17N3O2/c1-3-7-13-15-12-9-6-5-8-11(12)10-14(16(20)21-4-2)19(15)18-17-13/h5-6,8-10H,3-4,7H2,1-2H3. The minimum Gasteiger partial charge on any atom is -0.461 e. The number of benzene rings is 1. The van der Waals surface area contributed by atoms with Crippen molar-refractivity contribution in [2.24, 2.45) is 0 Å². The lowest BCUT2D eigenvalue weighted by Crippen LogP contribution is -2.11. The topological polar surface area (TPSA) is 56.5 Å². The first kappa shape index (κ1) is 13.5. The van der Waals surface area contributed by atoms with Crippen molar-refractivity contribution in [2.75, 3.05) is 6.61 Å². The third-order valence-corrected chi connectivity index (χ3v) is 3.45. The molecule has 0 amide bonds. The van der Waals surface area contributed by atoms with E-state index < -0.39 is 0 Å². The predicted octanol–water partition coefficient (Wildman–Crippen LogP) is 3.01. The van der Waals surface area contributed by atoms with Gasteiger partial charge in [0.05, 0.1) is 17.8 Å². The van der Waals surface area contributed by atoms with Crippen LogP contribution in [0.3, 0.4) is 0 Å². The number of hydrogen-bond acceptors (Lipinski definition) is 4. The van der Waals surface area contributed by atoms with Crippen molar-refractivity contribution < 1.29 is 9.53 Å². The van der Waals surface area contributed by atoms with E-state index in [0.29, 0.717) is 12.3 Å². The number of ether oxygens (including phenoxy) is 1. The highest BCUT2D eigenvalue weighted by Gasteiger charge is 2.18. The number of aromatic nitrogens is 3. The van der Waals surface area contributed by atoms with Gasteiger partial charge in [-0.3, -0.25) is 0 Å². The van der Waals surface area contributed by atoms with E-state index in [1.165, 1.54) is 0 Å². The van der Waals surface area contributed by atoms with E-state index >= 15 is 0 Å². The van der Waals surface area contributed by atoms with Gasteiger partial charge in [-0.15, -0.1) is 5.10 Å². The second-order valence-corrected chi connectivity index (χ2v) is 4.88. The molecule has 0 unspecified atom stereocenters. The normalized spacial score (nSPS) is 11.1. The van der Waals surface area contributed by atoms with Crippen LogP contribution >= 0.6 is 0 Å². The summed E-state index contributed by atoms with van der Waals surface area (Å²) in [5.41, 5.74) is 2.23. The minimum absolute atomic E-state index is 0.337. The number of rotatable bonds is 4. The summed E-state index contributed by atoms with van der Waals surface area (Å²) in [6.07, 6.45) is 1.81. The van der Waals surface area contributed by atoms with Crippen LogP contribution in [0.2, 0.25) is 0 Å². The smallest absolute Gasteiger partial charge is 0.357 e. The van der Waals surface area contributed by atoms with E-state index in [4.69, 9.17) is 4.74 Å². The Morgan fingerprint density at radius 1 is 1.29 bits per heavy atom. The molecule has 5 heteroatoms. The van der Waals surface area contributed by atoms with Gasteiger partial charge in [0, 0.05) is 5.39 Å². The monoisotopic (exact) mass is 283 g/mol. The summed E-state index contributed by atoms with van der Waals surface area (Å²) in [6.45, 7) is 4.23. The maximum absolute atomic E-state index is 12.2. The van der Waals surface area contributed by atoms with Crippen LogP contribution in [0.4, 0.5) is 0 Å². The Hall–Kier alpha value is -2.43. The molecule has 3 rings (SSSR count). The van der Waals surface area contributed by atoms with Crippen molar-refractivity contribution in [3.63, 3.8) is 0 Å². The first-order valence-electron chi connectivity index (χ1n) is 7.19. The summed E-state index contributed by atoms with van der Waals surface area (Å²) in [4.78, 5) is 12.2. The van der Waals surface area contributed by atoms with Crippen molar-refractivity contribution in [3.8, 4) is 0 Å². The quantitative estimate of drug-likeness (QED) is 0.691. The second kappa shape index (κ2) is 5.52. The molecule has 1 aromatic carbocycles. The van der Waals surface area contributed by atoms with Crippen molar-refractivity contribution in [1.82, 2.24) is 14.8 Å². The summed E-state index contributed by atoms with van der Waals surface area (Å²) in [5.74, 6) is -0.374. The van der Waals surface area contributed by atoms with Crippen LogP contribution in [0.15, 0.2) is 30.3 Å². The fourth-order valence-electron chi connectivity index (χ4n) is 2.55. The molecule has 0 bridgehead atoms. The molecule has 0 aliphatic heterocycles. The average Bonchev–Trinajstić information content (AvgIpc) is 2.91. The van der Waals surface area contributed by atoms with E-state index in [1.54, 1.807) is 11.4 Å². The number of carbonyl (C=O) groups excluding carboxylic acids is 1. The van der Waals surface area contributed by atoms with Crippen molar-refractivity contribution in [2.45, 2.75) is 26.7 Å². The van der Waals surface area contributed by atoms with Gasteiger partial charge in [0.15, 0.2) is 5.69 Å². The molecule has 0 aliphatic rings. The highest BCUT2D eigenvalue weighted by molar-refractivity contribution is 6.01. The van der Waals surface area contributed by atoms with Gasteiger partial charge >= 0.3 is 5.97 Å². The third-order valence-electron chi connectivity index (χ3n) is 3.45. The highest BCUT2D eigenvalue weighted by atomic mass is 16.5. The average molecular weight is 283 g/mol. The molecular formula is C16H17N3O2. The van der Waals surface area contributed by atoms with Crippen LogP contribution in [0.5, 0.6) is 0 Å². The van der Waals surface area contributed by atoms with Crippen LogP contribution in [0.25, 0.3) is 16.3 Å². The molecule has 0 radical (unpaired) electrons. The number of esters is 1. The van der Waals surface area contributed by atoms with Gasteiger partial charge in [-0.2, -0.15) is 0 Å². The largest absolute Gasteiger partial charge is 0.461 e. The summed E-state index contributed by atoms with van der Waals surface area (Å²) < 4.78 is 6.73. The van der Waals surface area contributed by atoms with Crippen molar-refractivity contribution in [3.05, 3.63) is 41.7 Å². The lowest BCUT2D eigenvalue weighted by molar-refractivity contribution is 0.0516. The van der Waals surface area contributed by atoms with Gasteiger partial charge in [0.2, 0.25) is 0 Å². The maximum atomic E-state index is 12.2. The first-order chi connectivity index (χ1) is 10.3. The Kier molecular flexibility index (Phi) is 3.56. The number of aryl methyl sites for hydroxylation is 1. The highest BCUT2D eigenvalue weighted by Crippen LogP contribution is 2.25. The van der Waals surface area contributed by atoms with E-state index in [2.05, 4.69) is 17.2 Å². The van der Waals surface area contributed by atoms with Gasteiger partial charge in [0.25, 0.3) is 0 Å². The van der Waals surface area contributed by atoms with Crippen LogP contribution < -0.4 is 0 Å². The molecular weight excluding hydrogens is 266 g/mol. The Morgan fingerprint density at radius 3 is 2.86 bits per heavy atom. The summed E-state index contributed by atoms with van der Waals surface area (Å²) >= 11 is 0. The van der Waals surface area contributed by atoms with Crippen molar-refractivity contribution >= 4 is 22.3 Å². The number of carbonyl (C=O) groups is 1. The van der Waals surface area contributed by atoms with E-state index in [0.717, 1.165) is 34.8 Å². The third kappa shape index (κ3) is 2.24. The lowest BCUT2D eigenvalue weighted by atomic mass is 10.1. The van der Waals surface area contributed by atoms with Gasteiger partial charge in [-0.25, -0.2) is 9.31 Å². The Bertz CT molecular complexity index is 808. The number of fused-ring (bicyclic) bond motifs is 3. The Balaban J connectivity index is 2.34. The van der Waals surface area contributed by atoms with E-state index in [1.807, 2.05) is 30.3 Å². The zero-order valence-electron chi connectivity index (χ0n) is 12.2. The molecule has 3 aromatic rings. The zero-order valence-corrected chi connectivity index (χ0v) is 12.2. The Morgan fingerprint density at radius 2 is 2.10 bits per heavy atom. The summed E-state index contributed by atoms with van der Waals surface area (Å²) in [7, 11) is 0. The summed E-state index contributed by atoms with van der Waals surface area (Å²) in [5, 5.41) is 10.4. The lowest BCUT2D eigenvalue weighted by Gasteiger charge is -2.07. The second-order valence-electron chi connectivity index (χ2n) is 4.88. The fraction of sp³-hybridized carbons (Fsp3) is 0.312. The van der Waals surface area contributed by atoms with Crippen molar-refractivity contribution in [1.29, 1.82) is 0 Å². The molecule has 0 fully saturated rings. The first-order valence-corrected chi connectivity index (χ1v) is 7.19. The van der Waals surface area contributed by atoms with E-state index in [9.17, 15) is 4.79 Å². The number of pyridine rings is 1. The van der Waals surface area contributed by atoms with Crippen LogP contribution in [0, 0.1) is 0 Å². The fourth-order valence-corrected chi connectivity index (χ4v) is 2.55. The molecule has 0 aliphatic carbocycles. The van der Waals surface area contributed by atoms with Crippen LogP contribution in [0.1, 0.15) is 36.5 Å². The van der Waals surface area contributed by atoms with E-state index in [-0.39, 0.29) is 5.97 Å². The number of nitrogens with zero attached hydrogens (tertiary/aromatic N) is 3. The number of hydrogen-bond donors (Lipinski definition) is 0. The maximum Gasteiger partial charge on any atom is 0.357 e. The van der Waals surface area contributed by atoms with Gasteiger partial charge in [0.1, 0.15) is 0 Å². The summed E-state index contributed by atoms with van der Waals surface area (Å²) in [6, 6.07) is 9.76. The molecule has 0 saturated heterocycles. The molecule has 0 atom stereocenters. The van der Waals surface area contributed by atoms with Crippen LogP contribution in [-0.4, -0.2) is 27.4 Å². The zero-order chi connectivity index (χ0) is 14.8. The predicted molar refractivity (Wildman–Crippen MR) is 80.4 cm³/mol. The molecule has 2 heterocycles. The molecule has 108 valence electrons. The van der Waals surface area contributed by atoms with Gasteiger partial charge in [-0.05, 0) is 24.8 Å². The van der Waals surface area contributed by atoms with Gasteiger partial charge in [-0.1, -0.05) is 42.8 Å². The molecule has 21 heavy (non-hydrogen) atoms. The SMILES string of the molecule is CCCc1nnn2c(C(=O)OCC)cc3ccccc3c12. The minimum atomic E-state index is -0.374. The molecule has 0 N–H and O–H groups in total. The molecule has 0 saturated carbocycles. The molecule has 0 spiro atoms. The molecule has 2 aromatic heterocycles. The molecule has 5 nitrogen and oxygen atoms in total.